The number of amides is 1. The van der Waals surface area contributed by atoms with Gasteiger partial charge in [-0.05, 0) is 19.9 Å². The minimum atomic E-state index is -0.509. The minimum absolute atomic E-state index is 0.201. The average molecular weight is 389 g/mol. The van der Waals surface area contributed by atoms with Crippen LogP contribution in [0.5, 0.6) is 0 Å². The van der Waals surface area contributed by atoms with E-state index in [0.29, 0.717) is 11.2 Å². The fourth-order valence-corrected chi connectivity index (χ4v) is 2.96. The Kier molecular flexibility index (Phi) is 4.90. The van der Waals surface area contributed by atoms with Gasteiger partial charge >= 0.3 is 0 Å². The number of nitrogens with one attached hydrogen (secondary N) is 1. The molecule has 0 fully saturated rings. The van der Waals surface area contributed by atoms with Gasteiger partial charge in [0.25, 0.3) is 5.56 Å². The zero-order valence-corrected chi connectivity index (χ0v) is 16.0. The molecule has 1 amide bonds. The van der Waals surface area contributed by atoms with Gasteiger partial charge in [0.2, 0.25) is 17.6 Å². The lowest BCUT2D eigenvalue weighted by Gasteiger charge is -2.10. The second kappa shape index (κ2) is 7.67. The standard InChI is InChI=1S/C21H19N5O3/c1-13-7-9-15(10-8-13)19-24-20(29-25-19)14(2)23-18(27)12-26-21(28)17-6-4-3-5-16(17)11-22-26/h3-11,14H,12H2,1-2H3,(H,23,27)/t14-/m0/s1. The molecule has 0 radical (unpaired) electrons. The van der Waals surface area contributed by atoms with Gasteiger partial charge in [0.1, 0.15) is 12.6 Å². The Labute approximate surface area is 166 Å². The second-order valence-electron chi connectivity index (χ2n) is 6.81. The van der Waals surface area contributed by atoms with Gasteiger partial charge in [-0.3, -0.25) is 9.59 Å². The fraction of sp³-hybridized carbons (Fsp3) is 0.190. The number of aromatic nitrogens is 4. The van der Waals surface area contributed by atoms with E-state index in [2.05, 4.69) is 20.6 Å². The van der Waals surface area contributed by atoms with E-state index in [0.717, 1.165) is 21.2 Å². The summed E-state index contributed by atoms with van der Waals surface area (Å²) in [5, 5.41) is 12.0. The maximum absolute atomic E-state index is 12.5. The molecule has 1 atom stereocenters. The Hall–Kier alpha value is -3.81. The maximum atomic E-state index is 12.5. The third-order valence-corrected chi connectivity index (χ3v) is 4.55. The number of fused-ring (bicyclic) bond motifs is 1. The molecule has 29 heavy (non-hydrogen) atoms. The van der Waals surface area contributed by atoms with E-state index in [-0.39, 0.29) is 23.9 Å². The van der Waals surface area contributed by atoms with Crippen molar-refractivity contribution in [3.05, 3.63) is 76.5 Å². The van der Waals surface area contributed by atoms with Crippen molar-refractivity contribution in [3.8, 4) is 11.4 Å². The number of hydrogen-bond acceptors (Lipinski definition) is 6. The fourth-order valence-electron chi connectivity index (χ4n) is 2.96. The molecule has 2 heterocycles. The van der Waals surface area contributed by atoms with Crippen molar-refractivity contribution >= 4 is 16.7 Å². The summed E-state index contributed by atoms with van der Waals surface area (Å²) in [5.41, 5.74) is 1.65. The highest BCUT2D eigenvalue weighted by atomic mass is 16.5. The van der Waals surface area contributed by atoms with Gasteiger partial charge in [0.05, 0.1) is 11.6 Å². The molecule has 0 aliphatic carbocycles. The van der Waals surface area contributed by atoms with Crippen molar-refractivity contribution in [1.29, 1.82) is 0 Å². The Bertz CT molecular complexity index is 1230. The Morgan fingerprint density at radius 2 is 1.93 bits per heavy atom. The summed E-state index contributed by atoms with van der Waals surface area (Å²) < 4.78 is 6.42. The highest BCUT2D eigenvalue weighted by Crippen LogP contribution is 2.19. The van der Waals surface area contributed by atoms with Crippen LogP contribution in [0.25, 0.3) is 22.2 Å². The smallest absolute Gasteiger partial charge is 0.275 e. The molecule has 0 unspecified atom stereocenters. The number of carbonyl (C=O) groups excluding carboxylic acids is 1. The zero-order chi connectivity index (χ0) is 20.4. The number of rotatable bonds is 5. The third-order valence-electron chi connectivity index (χ3n) is 4.55. The lowest BCUT2D eigenvalue weighted by molar-refractivity contribution is -0.122. The SMILES string of the molecule is Cc1ccc(-c2noc([C@H](C)NC(=O)Cn3ncc4ccccc4c3=O)n2)cc1. The van der Waals surface area contributed by atoms with E-state index in [1.165, 1.54) is 0 Å². The van der Waals surface area contributed by atoms with Crippen LogP contribution in [0.1, 0.15) is 24.4 Å². The quantitative estimate of drug-likeness (QED) is 0.563. The highest BCUT2D eigenvalue weighted by Gasteiger charge is 2.18. The molecule has 0 saturated heterocycles. The van der Waals surface area contributed by atoms with Crippen molar-refractivity contribution in [3.63, 3.8) is 0 Å². The normalized spacial score (nSPS) is 12.1. The molecule has 8 heteroatoms. The molecule has 2 aromatic carbocycles. The molecule has 8 nitrogen and oxygen atoms in total. The number of carbonyl (C=O) groups is 1. The van der Waals surface area contributed by atoms with Gasteiger partial charge in [-0.2, -0.15) is 10.1 Å². The third kappa shape index (κ3) is 3.91. The highest BCUT2D eigenvalue weighted by molar-refractivity contribution is 5.81. The lowest BCUT2D eigenvalue weighted by Crippen LogP contribution is -2.35. The van der Waals surface area contributed by atoms with Gasteiger partial charge in [-0.1, -0.05) is 53.2 Å². The Morgan fingerprint density at radius 3 is 2.72 bits per heavy atom. The van der Waals surface area contributed by atoms with Gasteiger partial charge in [-0.25, -0.2) is 4.68 Å². The predicted octanol–water partition coefficient (Wildman–Crippen LogP) is 2.63. The molecule has 1 N–H and O–H groups in total. The zero-order valence-electron chi connectivity index (χ0n) is 16.0. The topological polar surface area (TPSA) is 103 Å². The first-order valence-electron chi connectivity index (χ1n) is 9.16. The molecule has 0 bridgehead atoms. The molecule has 0 aliphatic rings. The molecule has 4 rings (SSSR count). The molecule has 2 aromatic heterocycles. The van der Waals surface area contributed by atoms with Crippen LogP contribution in [0.2, 0.25) is 0 Å². The van der Waals surface area contributed by atoms with E-state index >= 15 is 0 Å². The summed E-state index contributed by atoms with van der Waals surface area (Å²) in [4.78, 5) is 29.2. The van der Waals surface area contributed by atoms with Crippen LogP contribution in [-0.2, 0) is 11.3 Å². The molecular formula is C21H19N5O3. The first-order chi connectivity index (χ1) is 14.0. The number of aryl methyl sites for hydroxylation is 1. The molecule has 146 valence electrons. The van der Waals surface area contributed by atoms with Crippen molar-refractivity contribution in [1.82, 2.24) is 25.2 Å². The van der Waals surface area contributed by atoms with Crippen LogP contribution in [0.15, 0.2) is 64.0 Å². The summed E-state index contributed by atoms with van der Waals surface area (Å²) >= 11 is 0. The summed E-state index contributed by atoms with van der Waals surface area (Å²) in [7, 11) is 0. The molecule has 0 saturated carbocycles. The molecular weight excluding hydrogens is 370 g/mol. The monoisotopic (exact) mass is 389 g/mol. The van der Waals surface area contributed by atoms with E-state index in [1.54, 1.807) is 31.3 Å². The van der Waals surface area contributed by atoms with Crippen LogP contribution in [-0.4, -0.2) is 25.8 Å². The Balaban J connectivity index is 1.46. The van der Waals surface area contributed by atoms with E-state index in [4.69, 9.17) is 4.52 Å². The number of hydrogen-bond donors (Lipinski definition) is 1. The largest absolute Gasteiger partial charge is 0.343 e. The number of nitrogens with zero attached hydrogens (tertiary/aromatic N) is 4. The van der Waals surface area contributed by atoms with Crippen molar-refractivity contribution in [2.24, 2.45) is 0 Å². The maximum Gasteiger partial charge on any atom is 0.275 e. The molecule has 4 aromatic rings. The molecule has 0 aliphatic heterocycles. The summed E-state index contributed by atoms with van der Waals surface area (Å²) in [6, 6.07) is 14.4. The van der Waals surface area contributed by atoms with E-state index in [9.17, 15) is 9.59 Å². The first-order valence-corrected chi connectivity index (χ1v) is 9.16. The van der Waals surface area contributed by atoms with Crippen LogP contribution < -0.4 is 10.9 Å². The predicted molar refractivity (Wildman–Crippen MR) is 107 cm³/mol. The van der Waals surface area contributed by atoms with Crippen LogP contribution in [0.3, 0.4) is 0 Å². The summed E-state index contributed by atoms with van der Waals surface area (Å²) in [6.45, 7) is 3.53. The van der Waals surface area contributed by atoms with Crippen molar-refractivity contribution < 1.29 is 9.32 Å². The van der Waals surface area contributed by atoms with Gasteiger partial charge < -0.3 is 9.84 Å². The number of benzene rings is 2. The van der Waals surface area contributed by atoms with Gasteiger partial charge in [0.15, 0.2) is 0 Å². The first kappa shape index (κ1) is 18.5. The second-order valence-corrected chi connectivity index (χ2v) is 6.81. The van der Waals surface area contributed by atoms with Crippen LogP contribution in [0.4, 0.5) is 0 Å². The van der Waals surface area contributed by atoms with Crippen LogP contribution in [0, 0.1) is 6.92 Å². The van der Waals surface area contributed by atoms with Crippen molar-refractivity contribution in [2.75, 3.05) is 0 Å². The lowest BCUT2D eigenvalue weighted by atomic mass is 10.1. The minimum Gasteiger partial charge on any atom is -0.343 e. The summed E-state index contributed by atoms with van der Waals surface area (Å²) in [6.07, 6.45) is 1.57. The van der Waals surface area contributed by atoms with Crippen molar-refractivity contribution in [2.45, 2.75) is 26.4 Å². The van der Waals surface area contributed by atoms with Crippen LogP contribution >= 0.6 is 0 Å². The molecule has 0 spiro atoms. The summed E-state index contributed by atoms with van der Waals surface area (Å²) in [5.74, 6) is 0.360. The van der Waals surface area contributed by atoms with Gasteiger partial charge in [0, 0.05) is 10.9 Å². The van der Waals surface area contributed by atoms with E-state index < -0.39 is 6.04 Å². The van der Waals surface area contributed by atoms with E-state index in [1.807, 2.05) is 37.3 Å². The van der Waals surface area contributed by atoms with Gasteiger partial charge in [-0.15, -0.1) is 0 Å². The average Bonchev–Trinajstić information content (AvgIpc) is 3.21. The Morgan fingerprint density at radius 1 is 1.17 bits per heavy atom.